The highest BCUT2D eigenvalue weighted by atomic mass is 35.5. The maximum atomic E-state index is 13.6. The fourth-order valence-corrected chi connectivity index (χ4v) is 6.08. The molecule has 6 rings (SSSR count). The van der Waals surface area contributed by atoms with Crippen molar-refractivity contribution in [3.05, 3.63) is 130 Å². The van der Waals surface area contributed by atoms with Crippen LogP contribution in [0.15, 0.2) is 96.0 Å². The van der Waals surface area contributed by atoms with Gasteiger partial charge in [0, 0.05) is 17.8 Å². The van der Waals surface area contributed by atoms with Crippen LogP contribution < -0.4 is 14.8 Å². The van der Waals surface area contributed by atoms with Crippen LogP contribution in [-0.2, 0) is 6.61 Å². The van der Waals surface area contributed by atoms with E-state index in [9.17, 15) is 4.39 Å². The Morgan fingerprint density at radius 2 is 1.88 bits per heavy atom. The minimum absolute atomic E-state index is 0.177. The van der Waals surface area contributed by atoms with Gasteiger partial charge >= 0.3 is 0 Å². The minimum Gasteiger partial charge on any atom is -0.490 e. The number of benzene rings is 4. The maximum absolute atomic E-state index is 13.6. The molecule has 0 spiro atoms. The van der Waals surface area contributed by atoms with E-state index >= 15 is 0 Å². The van der Waals surface area contributed by atoms with E-state index < -0.39 is 0 Å². The number of halogens is 2. The highest BCUT2D eigenvalue weighted by Crippen LogP contribution is 2.50. The van der Waals surface area contributed by atoms with Crippen LogP contribution >= 0.6 is 11.6 Å². The molecule has 0 unspecified atom stereocenters. The van der Waals surface area contributed by atoms with Crippen molar-refractivity contribution >= 4 is 29.2 Å². The van der Waals surface area contributed by atoms with Gasteiger partial charge in [-0.25, -0.2) is 4.39 Å². The first kappa shape index (κ1) is 27.1. The number of hydrogen-bond acceptors (Lipinski definition) is 4. The average Bonchev–Trinajstić information content (AvgIpc) is 3.46. The fraction of sp³-hybridized carbons (Fsp3) is 0.229. The van der Waals surface area contributed by atoms with Gasteiger partial charge in [-0.1, -0.05) is 65.7 Å². The van der Waals surface area contributed by atoms with Gasteiger partial charge in [-0.15, -0.1) is 0 Å². The summed E-state index contributed by atoms with van der Waals surface area (Å²) in [5.41, 5.74) is 7.53. The number of fused-ring (bicyclic) bond motifs is 3. The van der Waals surface area contributed by atoms with E-state index in [0.29, 0.717) is 40.5 Å². The van der Waals surface area contributed by atoms with Crippen LogP contribution in [0.4, 0.5) is 15.8 Å². The molecule has 1 aliphatic carbocycles. The van der Waals surface area contributed by atoms with Crippen molar-refractivity contribution in [3.8, 4) is 11.5 Å². The first-order valence-corrected chi connectivity index (χ1v) is 14.4. The molecule has 208 valence electrons. The Kier molecular flexibility index (Phi) is 7.80. The molecular formula is C35H32ClFN2O2. The monoisotopic (exact) mass is 566 g/mol. The number of allylic oxidation sites excluding steroid dienone is 2. The summed E-state index contributed by atoms with van der Waals surface area (Å²) in [6.45, 7) is 4.68. The van der Waals surface area contributed by atoms with Crippen LogP contribution in [0, 0.1) is 18.7 Å². The summed E-state index contributed by atoms with van der Waals surface area (Å²) in [6, 6.07) is 25.3. The quantitative estimate of drug-likeness (QED) is 0.171. The number of nitrogens with zero attached hydrogens (tertiary/aromatic N) is 1. The Morgan fingerprint density at radius 1 is 1.02 bits per heavy atom. The molecule has 2 aliphatic rings. The predicted molar refractivity (Wildman–Crippen MR) is 165 cm³/mol. The van der Waals surface area contributed by atoms with Crippen molar-refractivity contribution in [2.45, 2.75) is 38.8 Å². The number of hydrogen-bond donors (Lipinski definition) is 1. The summed E-state index contributed by atoms with van der Waals surface area (Å²) < 4.78 is 25.3. The zero-order valence-electron chi connectivity index (χ0n) is 23.1. The highest BCUT2D eigenvalue weighted by molar-refractivity contribution is 6.32. The Bertz CT molecular complexity index is 1620. The topological polar surface area (TPSA) is 42.8 Å². The molecule has 0 aromatic heterocycles. The van der Waals surface area contributed by atoms with Gasteiger partial charge < -0.3 is 14.8 Å². The first-order valence-electron chi connectivity index (χ1n) is 14.0. The summed E-state index contributed by atoms with van der Waals surface area (Å²) >= 11 is 6.59. The Labute approximate surface area is 245 Å². The summed E-state index contributed by atoms with van der Waals surface area (Å²) in [6.07, 6.45) is 7.53. The molecular weight excluding hydrogens is 535 g/mol. The molecule has 3 atom stereocenters. The number of aryl methyl sites for hydroxylation is 1. The van der Waals surface area contributed by atoms with Crippen LogP contribution in [0.1, 0.15) is 53.1 Å². The second kappa shape index (κ2) is 11.8. The lowest BCUT2D eigenvalue weighted by Gasteiger charge is -2.37. The van der Waals surface area contributed by atoms with E-state index in [1.54, 1.807) is 24.4 Å². The van der Waals surface area contributed by atoms with E-state index in [-0.39, 0.29) is 18.5 Å². The van der Waals surface area contributed by atoms with Crippen LogP contribution in [0.5, 0.6) is 11.5 Å². The second-order valence-electron chi connectivity index (χ2n) is 10.6. The number of ether oxygens (including phenoxy) is 2. The van der Waals surface area contributed by atoms with E-state index in [0.717, 1.165) is 17.7 Å². The van der Waals surface area contributed by atoms with Gasteiger partial charge in [-0.2, -0.15) is 0 Å². The molecule has 4 aromatic rings. The third kappa shape index (κ3) is 5.86. The summed E-state index contributed by atoms with van der Waals surface area (Å²) in [4.78, 5) is 4.70. The van der Waals surface area contributed by atoms with Gasteiger partial charge in [0.1, 0.15) is 12.4 Å². The molecule has 1 aliphatic heterocycles. The van der Waals surface area contributed by atoms with Gasteiger partial charge in [0.25, 0.3) is 0 Å². The van der Waals surface area contributed by atoms with E-state index in [1.165, 1.54) is 34.5 Å². The van der Waals surface area contributed by atoms with Crippen molar-refractivity contribution in [1.29, 1.82) is 0 Å². The third-order valence-electron chi connectivity index (χ3n) is 7.74. The fourth-order valence-electron chi connectivity index (χ4n) is 5.81. The first-order chi connectivity index (χ1) is 20.0. The summed E-state index contributed by atoms with van der Waals surface area (Å²) in [5, 5.41) is 4.21. The molecule has 1 heterocycles. The van der Waals surface area contributed by atoms with Crippen LogP contribution in [0.3, 0.4) is 0 Å². The molecule has 4 aromatic carbocycles. The molecule has 41 heavy (non-hydrogen) atoms. The number of nitrogens with one attached hydrogen (secondary N) is 1. The standard InChI is InChI=1S/C35H32ClFN2O2/c1-3-40-33-19-24(18-31(36)35(33)41-21-23-6-4-7-26(37)17-23)20-38-27-13-11-25(12-14-27)34-29-9-5-8-28(29)30-16-22(2)10-15-32(30)39-34/h4-8,10-20,28-29,34,39H,3,9,21H2,1-2H3/t28-,29-,34+/m1/s1. The molecule has 4 nitrogen and oxygen atoms in total. The zero-order valence-corrected chi connectivity index (χ0v) is 23.9. The van der Waals surface area contributed by atoms with Crippen molar-refractivity contribution in [2.75, 3.05) is 11.9 Å². The normalized spacial score (nSPS) is 19.1. The number of rotatable bonds is 8. The van der Waals surface area contributed by atoms with Crippen LogP contribution in [-0.4, -0.2) is 12.8 Å². The van der Waals surface area contributed by atoms with E-state index in [1.807, 2.05) is 13.0 Å². The molecule has 6 heteroatoms. The average molecular weight is 567 g/mol. The van der Waals surface area contributed by atoms with Gasteiger partial charge in [-0.3, -0.25) is 4.99 Å². The molecule has 0 saturated carbocycles. The van der Waals surface area contributed by atoms with E-state index in [2.05, 4.69) is 66.9 Å². The van der Waals surface area contributed by atoms with Gasteiger partial charge in [0.05, 0.1) is 23.4 Å². The van der Waals surface area contributed by atoms with Crippen molar-refractivity contribution in [3.63, 3.8) is 0 Å². The largest absolute Gasteiger partial charge is 0.490 e. The Morgan fingerprint density at radius 3 is 2.68 bits per heavy atom. The third-order valence-corrected chi connectivity index (χ3v) is 8.02. The van der Waals surface area contributed by atoms with Gasteiger partial charge in [0.2, 0.25) is 0 Å². The minimum atomic E-state index is -0.308. The highest BCUT2D eigenvalue weighted by Gasteiger charge is 2.37. The lowest BCUT2D eigenvalue weighted by molar-refractivity contribution is 0.269. The lowest BCUT2D eigenvalue weighted by Crippen LogP contribution is -2.29. The Balaban J connectivity index is 1.18. The summed E-state index contributed by atoms with van der Waals surface area (Å²) in [5.74, 6) is 1.58. The number of anilines is 1. The van der Waals surface area contributed by atoms with E-state index in [4.69, 9.17) is 26.1 Å². The van der Waals surface area contributed by atoms with Gasteiger partial charge in [0.15, 0.2) is 11.5 Å². The molecule has 0 saturated heterocycles. The van der Waals surface area contributed by atoms with Gasteiger partial charge in [-0.05, 0) is 90.9 Å². The Hall–Kier alpha value is -4.09. The predicted octanol–water partition coefficient (Wildman–Crippen LogP) is 9.34. The van der Waals surface area contributed by atoms with Crippen molar-refractivity contribution in [2.24, 2.45) is 10.9 Å². The molecule has 0 radical (unpaired) electrons. The molecule has 0 bridgehead atoms. The lowest BCUT2D eigenvalue weighted by atomic mass is 9.76. The van der Waals surface area contributed by atoms with Crippen molar-refractivity contribution in [1.82, 2.24) is 0 Å². The smallest absolute Gasteiger partial charge is 0.180 e. The maximum Gasteiger partial charge on any atom is 0.180 e. The molecule has 1 N–H and O–H groups in total. The second-order valence-corrected chi connectivity index (χ2v) is 11.0. The molecule has 0 amide bonds. The summed E-state index contributed by atoms with van der Waals surface area (Å²) in [7, 11) is 0. The van der Waals surface area contributed by atoms with Crippen molar-refractivity contribution < 1.29 is 13.9 Å². The van der Waals surface area contributed by atoms with Crippen LogP contribution in [0.2, 0.25) is 5.02 Å². The zero-order chi connectivity index (χ0) is 28.3. The molecule has 0 fully saturated rings. The van der Waals surface area contributed by atoms with Crippen LogP contribution in [0.25, 0.3) is 0 Å². The SMILES string of the molecule is CCOc1cc(C=Nc2ccc([C@@H]3Nc4ccc(C)cc4[C@@H]4C=CC[C@H]43)cc2)cc(Cl)c1OCc1cccc(F)c1. The number of aliphatic imine (C=N–C) groups is 1.